The number of rotatable bonds is 7. The Labute approximate surface area is 152 Å². The van der Waals surface area contributed by atoms with Gasteiger partial charge in [0.15, 0.2) is 11.5 Å². The number of urea groups is 1. The molecular formula is C19H24N2O5. The van der Waals surface area contributed by atoms with Gasteiger partial charge in [-0.25, -0.2) is 4.79 Å². The van der Waals surface area contributed by atoms with Crippen LogP contribution >= 0.6 is 0 Å². The summed E-state index contributed by atoms with van der Waals surface area (Å²) in [5, 5.41) is 10.2. The average Bonchev–Trinajstić information content (AvgIpc) is 2.67. The summed E-state index contributed by atoms with van der Waals surface area (Å²) < 4.78 is 16.9. The van der Waals surface area contributed by atoms with Crippen molar-refractivity contribution in [3.63, 3.8) is 0 Å². The van der Waals surface area contributed by atoms with Crippen LogP contribution in [0.5, 0.6) is 17.2 Å². The third kappa shape index (κ3) is 4.18. The van der Waals surface area contributed by atoms with Gasteiger partial charge in [0, 0.05) is 0 Å². The van der Waals surface area contributed by atoms with E-state index in [2.05, 4.69) is 0 Å². The molecule has 2 aromatic rings. The molecule has 2 amide bonds. The van der Waals surface area contributed by atoms with Crippen LogP contribution in [0.2, 0.25) is 0 Å². The summed E-state index contributed by atoms with van der Waals surface area (Å²) in [4.78, 5) is 11.2. The molecule has 2 atom stereocenters. The van der Waals surface area contributed by atoms with Gasteiger partial charge in [0.25, 0.3) is 0 Å². The first-order chi connectivity index (χ1) is 12.4. The fourth-order valence-electron chi connectivity index (χ4n) is 2.56. The Balaban J connectivity index is 2.39. The zero-order valence-electron chi connectivity index (χ0n) is 15.3. The molecule has 2 rings (SSSR count). The summed E-state index contributed by atoms with van der Waals surface area (Å²) >= 11 is 0. The van der Waals surface area contributed by atoms with E-state index in [-0.39, 0.29) is 6.10 Å². The molecule has 7 nitrogen and oxygen atoms in total. The number of methoxy groups -OCH3 is 2. The molecule has 7 heteroatoms. The number of hydroxylamine groups is 2. The van der Waals surface area contributed by atoms with Crippen LogP contribution in [0.3, 0.4) is 0 Å². The maximum absolute atomic E-state index is 11.2. The highest BCUT2D eigenvalue weighted by atomic mass is 16.5. The molecule has 26 heavy (non-hydrogen) atoms. The van der Waals surface area contributed by atoms with E-state index in [9.17, 15) is 10.0 Å². The zero-order valence-corrected chi connectivity index (χ0v) is 15.3. The minimum Gasteiger partial charge on any atom is -0.493 e. The predicted octanol–water partition coefficient (Wildman–Crippen LogP) is 3.67. The Hall–Kier alpha value is -2.93. The number of benzene rings is 2. The highest BCUT2D eigenvalue weighted by molar-refractivity contribution is 5.71. The van der Waals surface area contributed by atoms with E-state index in [1.165, 1.54) is 14.2 Å². The van der Waals surface area contributed by atoms with E-state index < -0.39 is 12.1 Å². The van der Waals surface area contributed by atoms with Crippen LogP contribution in [0.4, 0.5) is 4.79 Å². The lowest BCUT2D eigenvalue weighted by molar-refractivity contribution is -0.0710. The summed E-state index contributed by atoms with van der Waals surface area (Å²) in [7, 11) is 3.02. The Morgan fingerprint density at radius 3 is 2.04 bits per heavy atom. The van der Waals surface area contributed by atoms with Crippen LogP contribution < -0.4 is 19.9 Å². The van der Waals surface area contributed by atoms with Crippen molar-refractivity contribution in [1.82, 2.24) is 5.06 Å². The number of primary amides is 1. The topological polar surface area (TPSA) is 94.2 Å². The number of carbonyl (C=O) groups is 1. The molecule has 0 aromatic heterocycles. The first-order valence-corrected chi connectivity index (χ1v) is 8.14. The largest absolute Gasteiger partial charge is 0.493 e. The monoisotopic (exact) mass is 360 g/mol. The number of nitrogens with zero attached hydrogens (tertiary/aromatic N) is 1. The van der Waals surface area contributed by atoms with Gasteiger partial charge < -0.3 is 19.9 Å². The Bertz CT molecular complexity index is 726. The molecule has 0 spiro atoms. The molecule has 0 bridgehead atoms. The second kappa shape index (κ2) is 8.44. The van der Waals surface area contributed by atoms with Gasteiger partial charge in [0.2, 0.25) is 5.75 Å². The van der Waals surface area contributed by atoms with Crippen molar-refractivity contribution in [2.24, 2.45) is 5.73 Å². The third-order valence-corrected chi connectivity index (χ3v) is 4.12. The maximum Gasteiger partial charge on any atom is 0.339 e. The highest BCUT2D eigenvalue weighted by Crippen LogP contribution is 2.42. The highest BCUT2D eigenvalue weighted by Gasteiger charge is 2.23. The molecule has 2 unspecified atom stereocenters. The Morgan fingerprint density at radius 1 is 1.04 bits per heavy atom. The molecule has 0 aliphatic carbocycles. The molecule has 0 aliphatic rings. The van der Waals surface area contributed by atoms with E-state index in [4.69, 9.17) is 19.9 Å². The van der Waals surface area contributed by atoms with Crippen molar-refractivity contribution in [3.8, 4) is 17.2 Å². The molecule has 0 fully saturated rings. The summed E-state index contributed by atoms with van der Waals surface area (Å²) in [6.45, 7) is 3.55. The van der Waals surface area contributed by atoms with Crippen LogP contribution in [0, 0.1) is 0 Å². The summed E-state index contributed by atoms with van der Waals surface area (Å²) in [6, 6.07) is 11.5. The van der Waals surface area contributed by atoms with Gasteiger partial charge >= 0.3 is 6.03 Å². The van der Waals surface area contributed by atoms with Crippen molar-refractivity contribution < 1.29 is 24.2 Å². The fourth-order valence-corrected chi connectivity index (χ4v) is 2.56. The average molecular weight is 360 g/mol. The molecule has 2 aromatic carbocycles. The molecule has 0 radical (unpaired) electrons. The number of ether oxygens (including phenoxy) is 3. The van der Waals surface area contributed by atoms with Gasteiger partial charge in [-0.3, -0.25) is 5.21 Å². The van der Waals surface area contributed by atoms with E-state index in [1.807, 2.05) is 37.3 Å². The first kappa shape index (κ1) is 19.4. The fraction of sp³-hybridized carbons (Fsp3) is 0.316. The molecule has 140 valence electrons. The molecule has 3 N–H and O–H groups in total. The van der Waals surface area contributed by atoms with Crippen molar-refractivity contribution in [2.75, 3.05) is 14.2 Å². The van der Waals surface area contributed by atoms with Gasteiger partial charge in [-0.05, 0) is 37.1 Å². The van der Waals surface area contributed by atoms with Gasteiger partial charge in [-0.2, -0.15) is 5.06 Å². The van der Waals surface area contributed by atoms with Crippen LogP contribution in [0.25, 0.3) is 0 Å². The standard InChI is InChI=1S/C19H24N2O5/c1-12(21(23)19(20)22)15-10-16(24-3)18(17(11-15)25-4)26-13(2)14-8-6-5-7-9-14/h5-13,23H,1-4H3,(H2,20,22). The van der Waals surface area contributed by atoms with Gasteiger partial charge in [0.1, 0.15) is 6.10 Å². The SMILES string of the molecule is COc1cc(C(C)N(O)C(N)=O)cc(OC)c1OC(C)c1ccccc1. The molecular weight excluding hydrogens is 336 g/mol. The number of amides is 2. The molecule has 0 saturated carbocycles. The van der Waals surface area contributed by atoms with E-state index >= 15 is 0 Å². The van der Waals surface area contributed by atoms with Crippen LogP contribution in [-0.2, 0) is 0 Å². The number of hydrogen-bond acceptors (Lipinski definition) is 5. The molecule has 0 saturated heterocycles. The summed E-state index contributed by atoms with van der Waals surface area (Å²) in [5.41, 5.74) is 6.71. The Morgan fingerprint density at radius 2 is 1.58 bits per heavy atom. The lowest BCUT2D eigenvalue weighted by atomic mass is 10.1. The summed E-state index contributed by atoms with van der Waals surface area (Å²) in [5.74, 6) is 1.28. The van der Waals surface area contributed by atoms with Crippen molar-refractivity contribution in [3.05, 3.63) is 53.6 Å². The zero-order chi connectivity index (χ0) is 19.3. The quantitative estimate of drug-likeness (QED) is 0.580. The van der Waals surface area contributed by atoms with Crippen molar-refractivity contribution >= 4 is 6.03 Å². The smallest absolute Gasteiger partial charge is 0.339 e. The maximum atomic E-state index is 11.2. The summed E-state index contributed by atoms with van der Waals surface area (Å²) in [6.07, 6.45) is -0.234. The molecule has 0 aliphatic heterocycles. The van der Waals surface area contributed by atoms with Gasteiger partial charge in [-0.1, -0.05) is 30.3 Å². The lowest BCUT2D eigenvalue weighted by Gasteiger charge is -2.24. The normalized spacial score (nSPS) is 12.8. The van der Waals surface area contributed by atoms with E-state index in [0.29, 0.717) is 27.9 Å². The predicted molar refractivity (Wildman–Crippen MR) is 96.7 cm³/mol. The second-order valence-corrected chi connectivity index (χ2v) is 5.78. The van der Waals surface area contributed by atoms with Gasteiger partial charge in [0.05, 0.1) is 20.3 Å². The minimum atomic E-state index is -0.950. The number of nitrogens with two attached hydrogens (primary N) is 1. The van der Waals surface area contributed by atoms with Crippen LogP contribution in [-0.4, -0.2) is 30.5 Å². The lowest BCUT2D eigenvalue weighted by Crippen LogP contribution is -2.34. The molecule has 0 heterocycles. The number of hydrogen-bond donors (Lipinski definition) is 2. The van der Waals surface area contributed by atoms with Gasteiger partial charge in [-0.15, -0.1) is 0 Å². The van der Waals surface area contributed by atoms with Crippen LogP contribution in [0.15, 0.2) is 42.5 Å². The first-order valence-electron chi connectivity index (χ1n) is 8.14. The third-order valence-electron chi connectivity index (χ3n) is 4.12. The van der Waals surface area contributed by atoms with E-state index in [0.717, 1.165) is 5.56 Å². The van der Waals surface area contributed by atoms with Crippen molar-refractivity contribution in [1.29, 1.82) is 0 Å². The van der Waals surface area contributed by atoms with Crippen molar-refractivity contribution in [2.45, 2.75) is 26.0 Å². The number of carbonyl (C=O) groups excluding carboxylic acids is 1. The van der Waals surface area contributed by atoms with Crippen LogP contribution in [0.1, 0.15) is 37.1 Å². The minimum absolute atomic E-state index is 0.234. The second-order valence-electron chi connectivity index (χ2n) is 5.78. The Kier molecular flexibility index (Phi) is 6.30. The van der Waals surface area contributed by atoms with E-state index in [1.54, 1.807) is 19.1 Å².